The Kier molecular flexibility index (Phi) is 5.42. The highest BCUT2D eigenvalue weighted by Crippen LogP contribution is 2.11. The normalized spacial score (nSPS) is 15.2. The number of aliphatic imine (C=N–C) groups is 1. The van der Waals surface area contributed by atoms with Crippen LogP contribution in [-0.4, -0.2) is 54.5 Å². The molecule has 0 aromatic carbocycles. The lowest BCUT2D eigenvalue weighted by Crippen LogP contribution is -2.40. The number of amides is 1. The van der Waals surface area contributed by atoms with E-state index in [0.29, 0.717) is 13.1 Å². The van der Waals surface area contributed by atoms with Gasteiger partial charge >= 0.3 is 6.09 Å². The second-order valence-electron chi connectivity index (χ2n) is 6.07. The summed E-state index contributed by atoms with van der Waals surface area (Å²) in [6.45, 7) is 6.88. The van der Waals surface area contributed by atoms with Crippen LogP contribution in [0.5, 0.6) is 0 Å². The first-order valence-corrected chi connectivity index (χ1v) is 6.85. The van der Waals surface area contributed by atoms with E-state index in [2.05, 4.69) is 4.99 Å². The standard InChI is InChI=1S/C14H26N4O2/c1-14(2,3)20-13(19)18(5)9-8-17(4)12-7-6-11(15)10-16-12/h10H,6-9,15H2,1-5H3. The molecule has 1 aliphatic rings. The lowest BCUT2D eigenvalue weighted by Gasteiger charge is -2.28. The molecule has 0 saturated carbocycles. The number of allylic oxidation sites excluding steroid dienone is 1. The predicted molar refractivity (Wildman–Crippen MR) is 80.4 cm³/mol. The zero-order chi connectivity index (χ0) is 15.3. The number of likely N-dealkylation sites (N-methyl/N-ethyl adjacent to an activating group) is 2. The molecule has 0 bridgehead atoms. The minimum atomic E-state index is -0.465. The van der Waals surface area contributed by atoms with Crippen LogP contribution in [0.2, 0.25) is 0 Å². The van der Waals surface area contributed by atoms with E-state index in [1.807, 2.05) is 32.7 Å². The summed E-state index contributed by atoms with van der Waals surface area (Å²) in [7, 11) is 3.71. The van der Waals surface area contributed by atoms with Crippen molar-refractivity contribution in [2.75, 3.05) is 27.2 Å². The van der Waals surface area contributed by atoms with Gasteiger partial charge in [-0.1, -0.05) is 0 Å². The average Bonchev–Trinajstić information content (AvgIpc) is 2.34. The molecule has 2 N–H and O–H groups in total. The van der Waals surface area contributed by atoms with Gasteiger partial charge in [0, 0.05) is 45.5 Å². The SMILES string of the molecule is CN(CCN(C)C1=NC=C(N)CC1)C(=O)OC(C)(C)C. The van der Waals surface area contributed by atoms with Crippen molar-refractivity contribution in [3.8, 4) is 0 Å². The van der Waals surface area contributed by atoms with Crippen molar-refractivity contribution in [2.24, 2.45) is 10.7 Å². The molecule has 1 amide bonds. The maximum Gasteiger partial charge on any atom is 0.410 e. The molecule has 0 saturated heterocycles. The Bertz CT molecular complexity index is 410. The number of amidine groups is 1. The summed E-state index contributed by atoms with van der Waals surface area (Å²) in [5, 5.41) is 0. The zero-order valence-electron chi connectivity index (χ0n) is 13.1. The molecule has 1 heterocycles. The zero-order valence-corrected chi connectivity index (χ0v) is 13.1. The summed E-state index contributed by atoms with van der Waals surface area (Å²) in [6, 6.07) is 0. The Morgan fingerprint density at radius 1 is 1.35 bits per heavy atom. The first kappa shape index (κ1) is 16.3. The van der Waals surface area contributed by atoms with Crippen LogP contribution in [0.15, 0.2) is 16.9 Å². The lowest BCUT2D eigenvalue weighted by atomic mass is 10.2. The minimum absolute atomic E-state index is 0.305. The number of carbonyl (C=O) groups excluding carboxylic acids is 1. The smallest absolute Gasteiger partial charge is 0.410 e. The average molecular weight is 282 g/mol. The molecule has 6 heteroatoms. The third kappa shape index (κ3) is 5.50. The van der Waals surface area contributed by atoms with Crippen LogP contribution in [0.3, 0.4) is 0 Å². The van der Waals surface area contributed by atoms with Gasteiger partial charge in [0.1, 0.15) is 11.4 Å². The Hall–Kier alpha value is -1.72. The summed E-state index contributed by atoms with van der Waals surface area (Å²) in [5.41, 5.74) is 6.03. The van der Waals surface area contributed by atoms with Crippen molar-refractivity contribution in [2.45, 2.75) is 39.2 Å². The Morgan fingerprint density at radius 2 is 2.00 bits per heavy atom. The molecule has 20 heavy (non-hydrogen) atoms. The summed E-state index contributed by atoms with van der Waals surface area (Å²) in [4.78, 5) is 19.8. The van der Waals surface area contributed by atoms with Gasteiger partial charge in [-0.05, 0) is 27.2 Å². The van der Waals surface area contributed by atoms with Gasteiger partial charge in [-0.15, -0.1) is 0 Å². The van der Waals surface area contributed by atoms with Gasteiger partial charge in [0.25, 0.3) is 0 Å². The monoisotopic (exact) mass is 282 g/mol. The number of hydrogen-bond acceptors (Lipinski definition) is 5. The third-order valence-electron chi connectivity index (χ3n) is 2.93. The number of nitrogens with two attached hydrogens (primary N) is 1. The molecule has 0 aliphatic carbocycles. The molecule has 1 aliphatic heterocycles. The van der Waals surface area contributed by atoms with E-state index in [1.54, 1.807) is 18.1 Å². The maximum atomic E-state index is 11.8. The van der Waals surface area contributed by atoms with E-state index >= 15 is 0 Å². The number of ether oxygens (including phenoxy) is 1. The van der Waals surface area contributed by atoms with Gasteiger partial charge in [0.2, 0.25) is 0 Å². The van der Waals surface area contributed by atoms with Crippen LogP contribution in [0.1, 0.15) is 33.6 Å². The van der Waals surface area contributed by atoms with Crippen LogP contribution >= 0.6 is 0 Å². The van der Waals surface area contributed by atoms with Crippen molar-refractivity contribution in [1.29, 1.82) is 0 Å². The first-order valence-electron chi connectivity index (χ1n) is 6.85. The molecule has 6 nitrogen and oxygen atoms in total. The van der Waals surface area contributed by atoms with Crippen molar-refractivity contribution in [3.05, 3.63) is 11.9 Å². The molecular weight excluding hydrogens is 256 g/mol. The quantitative estimate of drug-likeness (QED) is 0.856. The number of hydrogen-bond donors (Lipinski definition) is 1. The second-order valence-corrected chi connectivity index (χ2v) is 6.07. The van der Waals surface area contributed by atoms with Crippen LogP contribution in [0, 0.1) is 0 Å². The van der Waals surface area contributed by atoms with Gasteiger partial charge in [-0.3, -0.25) is 0 Å². The molecular formula is C14H26N4O2. The molecule has 1 rings (SSSR count). The fourth-order valence-corrected chi connectivity index (χ4v) is 1.69. The largest absolute Gasteiger partial charge is 0.444 e. The molecule has 0 spiro atoms. The van der Waals surface area contributed by atoms with E-state index in [1.165, 1.54) is 0 Å². The summed E-state index contributed by atoms with van der Waals surface area (Å²) < 4.78 is 5.30. The van der Waals surface area contributed by atoms with Crippen LogP contribution in [0.4, 0.5) is 4.79 Å². The van der Waals surface area contributed by atoms with Gasteiger partial charge in [0.15, 0.2) is 0 Å². The van der Waals surface area contributed by atoms with Gasteiger partial charge in [0.05, 0.1) is 0 Å². The summed E-state index contributed by atoms with van der Waals surface area (Å²) in [6.07, 6.45) is 3.08. The molecule has 0 atom stereocenters. The molecule has 0 radical (unpaired) electrons. The highest BCUT2D eigenvalue weighted by atomic mass is 16.6. The molecule has 0 aromatic rings. The van der Waals surface area contributed by atoms with Crippen LogP contribution in [-0.2, 0) is 4.74 Å². The fraction of sp³-hybridized carbons (Fsp3) is 0.714. The Balaban J connectivity index is 2.41. The second kappa shape index (κ2) is 6.63. The van der Waals surface area contributed by atoms with E-state index in [4.69, 9.17) is 10.5 Å². The maximum absolute atomic E-state index is 11.8. The summed E-state index contributed by atoms with van der Waals surface area (Å²) >= 11 is 0. The van der Waals surface area contributed by atoms with E-state index < -0.39 is 5.60 Å². The van der Waals surface area contributed by atoms with Crippen molar-refractivity contribution in [1.82, 2.24) is 9.80 Å². The fourth-order valence-electron chi connectivity index (χ4n) is 1.69. The van der Waals surface area contributed by atoms with Crippen LogP contribution in [0.25, 0.3) is 0 Å². The highest BCUT2D eigenvalue weighted by Gasteiger charge is 2.20. The van der Waals surface area contributed by atoms with Crippen molar-refractivity contribution in [3.63, 3.8) is 0 Å². The van der Waals surface area contributed by atoms with Crippen molar-refractivity contribution < 1.29 is 9.53 Å². The Labute approximate surface area is 121 Å². The highest BCUT2D eigenvalue weighted by molar-refractivity contribution is 5.83. The lowest BCUT2D eigenvalue weighted by molar-refractivity contribution is 0.0294. The minimum Gasteiger partial charge on any atom is -0.444 e. The number of nitrogens with zero attached hydrogens (tertiary/aromatic N) is 3. The topological polar surface area (TPSA) is 71.2 Å². The van der Waals surface area contributed by atoms with E-state index in [9.17, 15) is 4.79 Å². The van der Waals surface area contributed by atoms with Crippen LogP contribution < -0.4 is 5.73 Å². The van der Waals surface area contributed by atoms with Gasteiger partial charge in [-0.25, -0.2) is 9.79 Å². The third-order valence-corrected chi connectivity index (χ3v) is 2.93. The van der Waals surface area contributed by atoms with E-state index in [0.717, 1.165) is 24.4 Å². The van der Waals surface area contributed by atoms with Gasteiger partial charge in [-0.2, -0.15) is 0 Å². The molecule has 0 unspecified atom stereocenters. The first-order chi connectivity index (χ1) is 9.19. The molecule has 114 valence electrons. The molecule has 0 fully saturated rings. The number of carbonyl (C=O) groups is 1. The predicted octanol–water partition coefficient (Wildman–Crippen LogP) is 1.78. The van der Waals surface area contributed by atoms with Crippen molar-refractivity contribution >= 4 is 11.9 Å². The van der Waals surface area contributed by atoms with Gasteiger partial charge < -0.3 is 20.3 Å². The molecule has 0 aromatic heterocycles. The summed E-state index contributed by atoms with van der Waals surface area (Å²) in [5.74, 6) is 0.997. The van der Waals surface area contributed by atoms with E-state index in [-0.39, 0.29) is 6.09 Å². The number of rotatable bonds is 3. The Morgan fingerprint density at radius 3 is 2.50 bits per heavy atom.